The van der Waals surface area contributed by atoms with E-state index in [2.05, 4.69) is 5.32 Å². The third-order valence-electron chi connectivity index (χ3n) is 3.75. The first-order valence-corrected chi connectivity index (χ1v) is 7.54. The summed E-state index contributed by atoms with van der Waals surface area (Å²) in [5.41, 5.74) is 6.90. The van der Waals surface area contributed by atoms with E-state index in [9.17, 15) is 4.79 Å². The van der Waals surface area contributed by atoms with Gasteiger partial charge in [-0.25, -0.2) is 0 Å². The van der Waals surface area contributed by atoms with Crippen molar-refractivity contribution in [3.05, 3.63) is 18.2 Å². The highest BCUT2D eigenvalue weighted by Crippen LogP contribution is 2.26. The number of carbonyl (C=O) groups excluding carboxylic acids is 1. The number of hydrogen-bond acceptors (Lipinski definition) is 4. The van der Waals surface area contributed by atoms with Gasteiger partial charge in [-0.3, -0.25) is 4.79 Å². The van der Waals surface area contributed by atoms with Crippen molar-refractivity contribution in [2.75, 3.05) is 24.8 Å². The topological polar surface area (TPSA) is 73.6 Å². The molecule has 1 fully saturated rings. The van der Waals surface area contributed by atoms with E-state index in [-0.39, 0.29) is 18.6 Å². The van der Waals surface area contributed by atoms with Crippen molar-refractivity contribution in [1.29, 1.82) is 0 Å². The van der Waals surface area contributed by atoms with Gasteiger partial charge in [0.25, 0.3) is 0 Å². The molecule has 0 bridgehead atoms. The first-order valence-electron chi connectivity index (χ1n) is 7.54. The van der Waals surface area contributed by atoms with Gasteiger partial charge in [0.15, 0.2) is 0 Å². The van der Waals surface area contributed by atoms with E-state index in [1.54, 1.807) is 25.3 Å². The summed E-state index contributed by atoms with van der Waals surface area (Å²) in [6.45, 7) is 0.0815. The molecule has 1 aliphatic carbocycles. The van der Waals surface area contributed by atoms with Crippen molar-refractivity contribution in [1.82, 2.24) is 0 Å². The number of nitrogen functional groups attached to an aromatic ring is 1. The number of nitrogens with one attached hydrogen (secondary N) is 1. The molecule has 1 aliphatic rings. The molecule has 5 heteroatoms. The van der Waals surface area contributed by atoms with Crippen LogP contribution in [-0.2, 0) is 9.53 Å². The highest BCUT2D eigenvalue weighted by molar-refractivity contribution is 5.93. The van der Waals surface area contributed by atoms with Crippen molar-refractivity contribution in [2.24, 2.45) is 0 Å². The average Bonchev–Trinajstić information content (AvgIpc) is 2.75. The third kappa shape index (κ3) is 4.93. The second-order valence-corrected chi connectivity index (χ2v) is 5.43. The van der Waals surface area contributed by atoms with Gasteiger partial charge in [-0.2, -0.15) is 0 Å². The van der Waals surface area contributed by atoms with Gasteiger partial charge < -0.3 is 20.5 Å². The minimum Gasteiger partial charge on any atom is -0.494 e. The Morgan fingerprint density at radius 2 is 2.00 bits per heavy atom. The Hall–Kier alpha value is -1.75. The Labute approximate surface area is 125 Å². The van der Waals surface area contributed by atoms with Crippen LogP contribution in [0.3, 0.4) is 0 Å². The third-order valence-corrected chi connectivity index (χ3v) is 3.75. The number of anilines is 2. The van der Waals surface area contributed by atoms with Gasteiger partial charge in [0.05, 0.1) is 18.9 Å². The van der Waals surface area contributed by atoms with E-state index in [1.165, 1.54) is 25.7 Å². The molecule has 5 nitrogen and oxygen atoms in total. The van der Waals surface area contributed by atoms with E-state index >= 15 is 0 Å². The summed E-state index contributed by atoms with van der Waals surface area (Å²) in [6.07, 6.45) is 7.25. The monoisotopic (exact) mass is 292 g/mol. The molecular weight excluding hydrogens is 268 g/mol. The average molecular weight is 292 g/mol. The van der Waals surface area contributed by atoms with E-state index in [4.69, 9.17) is 15.2 Å². The van der Waals surface area contributed by atoms with Crippen LogP contribution in [0.15, 0.2) is 18.2 Å². The maximum absolute atomic E-state index is 12.0. The Morgan fingerprint density at radius 1 is 1.29 bits per heavy atom. The van der Waals surface area contributed by atoms with Crippen LogP contribution in [0.4, 0.5) is 11.4 Å². The van der Waals surface area contributed by atoms with Crippen molar-refractivity contribution in [2.45, 2.75) is 44.6 Å². The molecule has 0 atom stereocenters. The number of rotatable bonds is 5. The standard InChI is InChI=1S/C16H24N2O3/c1-20-15-10-12(17)8-9-14(15)18-16(19)11-21-13-6-4-2-3-5-7-13/h8-10,13H,2-7,11,17H2,1H3,(H,18,19). The lowest BCUT2D eigenvalue weighted by atomic mass is 10.1. The predicted octanol–water partition coefficient (Wildman–Crippen LogP) is 2.96. The molecule has 1 aromatic rings. The van der Waals surface area contributed by atoms with Gasteiger partial charge in [-0.15, -0.1) is 0 Å². The molecule has 1 aromatic carbocycles. The number of ether oxygens (including phenoxy) is 2. The molecule has 0 aromatic heterocycles. The van der Waals surface area contributed by atoms with Crippen LogP contribution in [0.1, 0.15) is 38.5 Å². The summed E-state index contributed by atoms with van der Waals surface area (Å²) in [5.74, 6) is 0.389. The first-order chi connectivity index (χ1) is 10.2. The van der Waals surface area contributed by atoms with E-state index in [0.29, 0.717) is 17.1 Å². The Bertz CT molecular complexity index is 469. The van der Waals surface area contributed by atoms with Crippen molar-refractivity contribution >= 4 is 17.3 Å². The molecule has 3 N–H and O–H groups in total. The zero-order valence-corrected chi connectivity index (χ0v) is 12.6. The fourth-order valence-corrected chi connectivity index (χ4v) is 2.60. The summed E-state index contributed by atoms with van der Waals surface area (Å²) in [4.78, 5) is 12.0. The number of hydrogen-bond donors (Lipinski definition) is 2. The zero-order valence-electron chi connectivity index (χ0n) is 12.6. The van der Waals surface area contributed by atoms with Crippen LogP contribution in [0, 0.1) is 0 Å². The number of carbonyl (C=O) groups is 1. The summed E-state index contributed by atoms with van der Waals surface area (Å²) < 4.78 is 10.9. The van der Waals surface area contributed by atoms with Gasteiger partial charge in [-0.1, -0.05) is 25.7 Å². The van der Waals surface area contributed by atoms with Gasteiger partial charge in [0.2, 0.25) is 5.91 Å². The minimum atomic E-state index is -0.165. The quantitative estimate of drug-likeness (QED) is 0.646. The minimum absolute atomic E-state index is 0.0815. The Kier molecular flexibility index (Phi) is 5.87. The van der Waals surface area contributed by atoms with Gasteiger partial charge in [0, 0.05) is 11.8 Å². The predicted molar refractivity (Wildman–Crippen MR) is 83.5 cm³/mol. The lowest BCUT2D eigenvalue weighted by Crippen LogP contribution is -2.23. The maximum atomic E-state index is 12.0. The van der Waals surface area contributed by atoms with Gasteiger partial charge >= 0.3 is 0 Å². The van der Waals surface area contributed by atoms with Gasteiger partial charge in [0.1, 0.15) is 12.4 Å². The lowest BCUT2D eigenvalue weighted by Gasteiger charge is -2.16. The molecule has 1 amide bonds. The van der Waals surface area contributed by atoms with Crippen LogP contribution >= 0.6 is 0 Å². The molecule has 116 valence electrons. The molecule has 0 spiro atoms. The summed E-state index contributed by atoms with van der Waals surface area (Å²) in [7, 11) is 1.55. The van der Waals surface area contributed by atoms with Crippen LogP contribution in [0.25, 0.3) is 0 Å². The maximum Gasteiger partial charge on any atom is 0.250 e. The number of methoxy groups -OCH3 is 1. The Balaban J connectivity index is 1.84. The largest absolute Gasteiger partial charge is 0.494 e. The summed E-state index contributed by atoms with van der Waals surface area (Å²) in [6, 6.07) is 5.14. The highest BCUT2D eigenvalue weighted by atomic mass is 16.5. The normalized spacial score (nSPS) is 16.2. The molecule has 0 radical (unpaired) electrons. The molecule has 1 saturated carbocycles. The van der Waals surface area contributed by atoms with E-state index in [0.717, 1.165) is 12.8 Å². The van der Waals surface area contributed by atoms with Crippen molar-refractivity contribution < 1.29 is 14.3 Å². The van der Waals surface area contributed by atoms with Crippen molar-refractivity contribution in [3.8, 4) is 5.75 Å². The van der Waals surface area contributed by atoms with E-state index in [1.807, 2.05) is 0 Å². The van der Waals surface area contributed by atoms with Crippen molar-refractivity contribution in [3.63, 3.8) is 0 Å². The molecule has 21 heavy (non-hydrogen) atoms. The second-order valence-electron chi connectivity index (χ2n) is 5.43. The first kappa shape index (κ1) is 15.6. The SMILES string of the molecule is COc1cc(N)ccc1NC(=O)COC1CCCCCC1. The summed E-state index contributed by atoms with van der Waals surface area (Å²) >= 11 is 0. The highest BCUT2D eigenvalue weighted by Gasteiger charge is 2.15. The van der Waals surface area contributed by atoms with E-state index < -0.39 is 0 Å². The fourth-order valence-electron chi connectivity index (χ4n) is 2.60. The van der Waals surface area contributed by atoms with Crippen LogP contribution in [-0.4, -0.2) is 25.7 Å². The smallest absolute Gasteiger partial charge is 0.250 e. The summed E-state index contributed by atoms with van der Waals surface area (Å²) in [5, 5.41) is 2.80. The zero-order chi connectivity index (χ0) is 15.1. The Morgan fingerprint density at radius 3 is 2.67 bits per heavy atom. The van der Waals surface area contributed by atoms with Crippen LogP contribution in [0.5, 0.6) is 5.75 Å². The fraction of sp³-hybridized carbons (Fsp3) is 0.562. The molecule has 0 aliphatic heterocycles. The molecule has 2 rings (SSSR count). The molecule has 0 unspecified atom stereocenters. The van der Waals surface area contributed by atoms with Gasteiger partial charge in [-0.05, 0) is 25.0 Å². The molecule has 0 saturated heterocycles. The lowest BCUT2D eigenvalue weighted by molar-refractivity contribution is -0.122. The van der Waals surface area contributed by atoms with Crippen LogP contribution in [0.2, 0.25) is 0 Å². The number of benzene rings is 1. The molecular formula is C16H24N2O3. The van der Waals surface area contributed by atoms with Crippen LogP contribution < -0.4 is 15.8 Å². The number of amides is 1. The number of nitrogens with two attached hydrogens (primary N) is 1. The second kappa shape index (κ2) is 7.88. The molecule has 0 heterocycles.